The first kappa shape index (κ1) is 12.4. The lowest BCUT2D eigenvalue weighted by Gasteiger charge is -2.18. The van der Waals surface area contributed by atoms with E-state index in [1.807, 2.05) is 43.3 Å². The highest BCUT2D eigenvalue weighted by Crippen LogP contribution is 2.31. The lowest BCUT2D eigenvalue weighted by atomic mass is 9.98. The van der Waals surface area contributed by atoms with Crippen molar-refractivity contribution in [2.45, 2.75) is 0 Å². The van der Waals surface area contributed by atoms with Crippen molar-refractivity contribution in [3.8, 4) is 11.1 Å². The van der Waals surface area contributed by atoms with Crippen LogP contribution < -0.4 is 4.90 Å². The van der Waals surface area contributed by atoms with E-state index in [1.165, 1.54) is 12.1 Å². The Kier molecular flexibility index (Phi) is 3.47. The molecule has 0 aliphatic rings. The van der Waals surface area contributed by atoms with E-state index in [0.717, 1.165) is 22.4 Å². The van der Waals surface area contributed by atoms with Gasteiger partial charge in [-0.3, -0.25) is 0 Å². The van der Waals surface area contributed by atoms with Gasteiger partial charge in [-0.1, -0.05) is 36.9 Å². The highest BCUT2D eigenvalue weighted by Gasteiger charge is 2.08. The van der Waals surface area contributed by atoms with Crippen molar-refractivity contribution < 1.29 is 4.39 Å². The fourth-order valence-corrected chi connectivity index (χ4v) is 2.04. The third kappa shape index (κ3) is 2.28. The number of anilines is 1. The molecule has 0 fully saturated rings. The summed E-state index contributed by atoms with van der Waals surface area (Å²) >= 11 is 0. The summed E-state index contributed by atoms with van der Waals surface area (Å²) in [7, 11) is 3.99. The Hall–Kier alpha value is -2.09. The first-order valence-electron chi connectivity index (χ1n) is 5.82. The Morgan fingerprint density at radius 2 is 1.72 bits per heavy atom. The largest absolute Gasteiger partial charge is 0.377 e. The maximum absolute atomic E-state index is 13.0. The Morgan fingerprint density at radius 3 is 2.28 bits per heavy atom. The predicted molar refractivity (Wildman–Crippen MR) is 76.3 cm³/mol. The molecule has 2 aromatic rings. The number of benzene rings is 2. The molecule has 2 rings (SSSR count). The van der Waals surface area contributed by atoms with Gasteiger partial charge in [-0.05, 0) is 29.3 Å². The molecular formula is C16H16FN. The van der Waals surface area contributed by atoms with Crippen LogP contribution in [0.2, 0.25) is 0 Å². The minimum Gasteiger partial charge on any atom is -0.377 e. The Labute approximate surface area is 107 Å². The highest BCUT2D eigenvalue weighted by molar-refractivity contribution is 5.82. The van der Waals surface area contributed by atoms with Crippen LogP contribution in [0.1, 0.15) is 5.56 Å². The number of rotatable bonds is 3. The number of halogens is 1. The summed E-state index contributed by atoms with van der Waals surface area (Å²) in [5.41, 5.74) is 4.23. The standard InChI is InChI=1S/C16H16FN/c1-4-14-15(6-5-7-16(14)18(2)3)12-8-10-13(17)11-9-12/h4-11H,1H2,2-3H3. The summed E-state index contributed by atoms with van der Waals surface area (Å²) in [6, 6.07) is 12.6. The Morgan fingerprint density at radius 1 is 1.06 bits per heavy atom. The second-order valence-electron chi connectivity index (χ2n) is 4.34. The van der Waals surface area contributed by atoms with E-state index < -0.39 is 0 Å². The van der Waals surface area contributed by atoms with E-state index in [-0.39, 0.29) is 5.82 Å². The van der Waals surface area contributed by atoms with Gasteiger partial charge in [-0.25, -0.2) is 4.39 Å². The fourth-order valence-electron chi connectivity index (χ4n) is 2.04. The monoisotopic (exact) mass is 241 g/mol. The molecule has 0 saturated heterocycles. The van der Waals surface area contributed by atoms with Crippen LogP contribution in [0.5, 0.6) is 0 Å². The molecule has 0 heterocycles. The molecule has 18 heavy (non-hydrogen) atoms. The number of nitrogens with zero attached hydrogens (tertiary/aromatic N) is 1. The molecule has 0 saturated carbocycles. The molecule has 0 aliphatic heterocycles. The molecule has 0 spiro atoms. The van der Waals surface area contributed by atoms with E-state index in [9.17, 15) is 4.39 Å². The van der Waals surface area contributed by atoms with Gasteiger partial charge in [0.1, 0.15) is 5.82 Å². The third-order valence-electron chi connectivity index (χ3n) is 2.92. The second-order valence-corrected chi connectivity index (χ2v) is 4.34. The highest BCUT2D eigenvalue weighted by atomic mass is 19.1. The van der Waals surface area contributed by atoms with Gasteiger partial charge in [-0.15, -0.1) is 0 Å². The van der Waals surface area contributed by atoms with Crippen molar-refractivity contribution in [3.05, 3.63) is 60.4 Å². The zero-order chi connectivity index (χ0) is 13.1. The molecule has 0 radical (unpaired) electrons. The van der Waals surface area contributed by atoms with Gasteiger partial charge in [0.25, 0.3) is 0 Å². The Bertz CT molecular complexity index is 556. The van der Waals surface area contributed by atoms with E-state index in [4.69, 9.17) is 0 Å². The molecular weight excluding hydrogens is 225 g/mol. The van der Waals surface area contributed by atoms with Crippen molar-refractivity contribution >= 4 is 11.8 Å². The van der Waals surface area contributed by atoms with Crippen LogP contribution in [-0.2, 0) is 0 Å². The van der Waals surface area contributed by atoms with Crippen LogP contribution >= 0.6 is 0 Å². The van der Waals surface area contributed by atoms with Gasteiger partial charge in [0.2, 0.25) is 0 Å². The summed E-state index contributed by atoms with van der Waals surface area (Å²) in [5, 5.41) is 0. The van der Waals surface area contributed by atoms with E-state index in [0.29, 0.717) is 0 Å². The molecule has 0 aromatic heterocycles. The van der Waals surface area contributed by atoms with E-state index >= 15 is 0 Å². The zero-order valence-electron chi connectivity index (χ0n) is 10.7. The minimum absolute atomic E-state index is 0.220. The van der Waals surface area contributed by atoms with Gasteiger partial charge in [-0.2, -0.15) is 0 Å². The summed E-state index contributed by atoms with van der Waals surface area (Å²) in [5.74, 6) is -0.220. The molecule has 92 valence electrons. The van der Waals surface area contributed by atoms with Crippen molar-refractivity contribution in [2.75, 3.05) is 19.0 Å². The van der Waals surface area contributed by atoms with E-state index in [2.05, 4.69) is 6.58 Å². The molecule has 0 aliphatic carbocycles. The van der Waals surface area contributed by atoms with E-state index in [1.54, 1.807) is 12.1 Å². The summed E-state index contributed by atoms with van der Waals surface area (Å²) in [6.07, 6.45) is 1.84. The molecule has 1 nitrogen and oxygen atoms in total. The quantitative estimate of drug-likeness (QED) is 0.778. The molecule has 0 bridgehead atoms. The smallest absolute Gasteiger partial charge is 0.123 e. The van der Waals surface area contributed by atoms with Crippen molar-refractivity contribution in [1.82, 2.24) is 0 Å². The van der Waals surface area contributed by atoms with Crippen LogP contribution in [0, 0.1) is 5.82 Å². The molecule has 2 heteroatoms. The molecule has 0 amide bonds. The van der Waals surface area contributed by atoms with Gasteiger partial charge >= 0.3 is 0 Å². The second kappa shape index (κ2) is 5.05. The lowest BCUT2D eigenvalue weighted by molar-refractivity contribution is 0.628. The number of hydrogen-bond acceptors (Lipinski definition) is 1. The zero-order valence-corrected chi connectivity index (χ0v) is 10.7. The van der Waals surface area contributed by atoms with Crippen LogP contribution in [0.4, 0.5) is 10.1 Å². The Balaban J connectivity index is 2.60. The van der Waals surface area contributed by atoms with Gasteiger partial charge in [0.15, 0.2) is 0 Å². The molecule has 0 unspecified atom stereocenters. The van der Waals surface area contributed by atoms with Crippen LogP contribution in [0.15, 0.2) is 49.0 Å². The van der Waals surface area contributed by atoms with Crippen LogP contribution in [-0.4, -0.2) is 14.1 Å². The topological polar surface area (TPSA) is 3.24 Å². The average Bonchev–Trinajstić information content (AvgIpc) is 2.38. The summed E-state index contributed by atoms with van der Waals surface area (Å²) < 4.78 is 13.0. The maximum atomic E-state index is 13.0. The van der Waals surface area contributed by atoms with Crippen LogP contribution in [0.25, 0.3) is 17.2 Å². The molecule has 0 atom stereocenters. The number of hydrogen-bond donors (Lipinski definition) is 0. The fraction of sp³-hybridized carbons (Fsp3) is 0.125. The van der Waals surface area contributed by atoms with Crippen molar-refractivity contribution in [3.63, 3.8) is 0 Å². The summed E-state index contributed by atoms with van der Waals surface area (Å²) in [6.45, 7) is 3.88. The first-order valence-corrected chi connectivity index (χ1v) is 5.82. The molecule has 0 N–H and O–H groups in total. The molecule has 2 aromatic carbocycles. The predicted octanol–water partition coefficient (Wildman–Crippen LogP) is 4.20. The summed E-state index contributed by atoms with van der Waals surface area (Å²) in [4.78, 5) is 2.05. The van der Waals surface area contributed by atoms with Gasteiger partial charge in [0, 0.05) is 25.3 Å². The SMILES string of the molecule is C=Cc1c(-c2ccc(F)cc2)cccc1N(C)C. The first-order chi connectivity index (χ1) is 8.63. The minimum atomic E-state index is -0.220. The van der Waals surface area contributed by atoms with Crippen LogP contribution in [0.3, 0.4) is 0 Å². The maximum Gasteiger partial charge on any atom is 0.123 e. The van der Waals surface area contributed by atoms with Gasteiger partial charge in [0.05, 0.1) is 0 Å². The van der Waals surface area contributed by atoms with Crippen molar-refractivity contribution in [2.24, 2.45) is 0 Å². The third-order valence-corrected chi connectivity index (χ3v) is 2.92. The van der Waals surface area contributed by atoms with Gasteiger partial charge < -0.3 is 4.90 Å². The lowest BCUT2D eigenvalue weighted by Crippen LogP contribution is -2.10. The normalized spacial score (nSPS) is 10.2. The average molecular weight is 241 g/mol. The van der Waals surface area contributed by atoms with Crippen molar-refractivity contribution in [1.29, 1.82) is 0 Å².